The van der Waals surface area contributed by atoms with Crippen LogP contribution in [0.5, 0.6) is 0 Å². The minimum Gasteiger partial charge on any atom is -0.463 e. The molecule has 0 atom stereocenters. The van der Waals surface area contributed by atoms with Crippen LogP contribution in [-0.2, 0) is 6.42 Å². The van der Waals surface area contributed by atoms with Gasteiger partial charge in [-0.3, -0.25) is 0 Å². The van der Waals surface area contributed by atoms with Gasteiger partial charge >= 0.3 is 0 Å². The summed E-state index contributed by atoms with van der Waals surface area (Å²) in [5.74, 6) is 0.864. The minimum absolute atomic E-state index is 0.734. The Morgan fingerprint density at radius 1 is 1.32 bits per heavy atom. The normalized spacial score (nSPS) is 16.8. The summed E-state index contributed by atoms with van der Waals surface area (Å²) in [5, 5.41) is 6.93. The van der Waals surface area contributed by atoms with Crippen LogP contribution >= 0.6 is 11.3 Å². The molecule has 0 bridgehead atoms. The van der Waals surface area contributed by atoms with Gasteiger partial charge in [0.15, 0.2) is 5.76 Å². The molecule has 102 valence electrons. The Bertz CT molecular complexity index is 486. The van der Waals surface area contributed by atoms with Crippen molar-refractivity contribution >= 4 is 11.3 Å². The molecule has 1 N–H and O–H groups in total. The van der Waals surface area contributed by atoms with Crippen LogP contribution in [0.2, 0.25) is 0 Å². The van der Waals surface area contributed by atoms with Gasteiger partial charge in [0.25, 0.3) is 0 Å². The first-order chi connectivity index (χ1) is 9.42. The lowest BCUT2D eigenvalue weighted by molar-refractivity contribution is 0.375. The predicted molar refractivity (Wildman–Crippen MR) is 78.4 cm³/mol. The van der Waals surface area contributed by atoms with Gasteiger partial charge < -0.3 is 9.73 Å². The Labute approximate surface area is 118 Å². The smallest absolute Gasteiger partial charge is 0.153 e. The lowest BCUT2D eigenvalue weighted by Gasteiger charge is -2.22. The van der Waals surface area contributed by atoms with Crippen molar-refractivity contribution < 1.29 is 4.42 Å². The first-order valence-corrected chi connectivity index (χ1v) is 8.01. The highest BCUT2D eigenvalue weighted by molar-refractivity contribution is 7.09. The van der Waals surface area contributed by atoms with E-state index in [2.05, 4.69) is 15.7 Å². The average molecular weight is 276 g/mol. The molecule has 0 spiro atoms. The SMILES string of the molecule is c1coc(-c2csc(CCNC3CCCCC3)n2)c1. The molecule has 2 aromatic heterocycles. The number of nitrogens with one attached hydrogen (secondary N) is 1. The van der Waals surface area contributed by atoms with Crippen LogP contribution in [-0.4, -0.2) is 17.6 Å². The molecule has 3 rings (SSSR count). The zero-order chi connectivity index (χ0) is 12.9. The first-order valence-electron chi connectivity index (χ1n) is 7.13. The lowest BCUT2D eigenvalue weighted by Crippen LogP contribution is -2.32. The van der Waals surface area contributed by atoms with Gasteiger partial charge in [-0.15, -0.1) is 11.3 Å². The number of thiazole rings is 1. The second-order valence-electron chi connectivity index (χ2n) is 5.14. The van der Waals surface area contributed by atoms with E-state index < -0.39 is 0 Å². The monoisotopic (exact) mass is 276 g/mol. The predicted octanol–water partition coefficient (Wildman–Crippen LogP) is 3.87. The third-order valence-corrected chi connectivity index (χ3v) is 4.61. The summed E-state index contributed by atoms with van der Waals surface area (Å²) in [5.41, 5.74) is 0.961. The van der Waals surface area contributed by atoms with E-state index in [-0.39, 0.29) is 0 Å². The van der Waals surface area contributed by atoms with Crippen molar-refractivity contribution in [3.63, 3.8) is 0 Å². The third kappa shape index (κ3) is 3.45. The Hall–Kier alpha value is -1.13. The van der Waals surface area contributed by atoms with Crippen molar-refractivity contribution in [1.29, 1.82) is 0 Å². The molecule has 19 heavy (non-hydrogen) atoms. The molecule has 0 aromatic carbocycles. The van der Waals surface area contributed by atoms with E-state index in [4.69, 9.17) is 4.42 Å². The molecule has 0 aliphatic heterocycles. The van der Waals surface area contributed by atoms with Crippen molar-refractivity contribution in [3.05, 3.63) is 28.8 Å². The van der Waals surface area contributed by atoms with Gasteiger partial charge in [-0.05, 0) is 25.0 Å². The molecule has 0 unspecified atom stereocenters. The van der Waals surface area contributed by atoms with E-state index in [0.717, 1.165) is 30.5 Å². The fourth-order valence-corrected chi connectivity index (χ4v) is 3.44. The molecule has 2 heterocycles. The Balaban J connectivity index is 1.48. The standard InChI is InChI=1S/C15H20N2OS/c1-2-5-12(6-3-1)16-9-8-15-17-13(11-19-15)14-7-4-10-18-14/h4,7,10-12,16H,1-3,5-6,8-9H2. The van der Waals surface area contributed by atoms with Gasteiger partial charge in [0, 0.05) is 24.4 Å². The zero-order valence-electron chi connectivity index (χ0n) is 11.1. The van der Waals surface area contributed by atoms with Gasteiger partial charge in [-0.25, -0.2) is 4.98 Å². The number of rotatable bonds is 5. The Morgan fingerprint density at radius 2 is 2.21 bits per heavy atom. The Kier molecular flexibility index (Phi) is 4.30. The van der Waals surface area contributed by atoms with Crippen molar-refractivity contribution in [2.24, 2.45) is 0 Å². The van der Waals surface area contributed by atoms with Gasteiger partial charge in [0.1, 0.15) is 5.69 Å². The number of aromatic nitrogens is 1. The summed E-state index contributed by atoms with van der Waals surface area (Å²) in [6.07, 6.45) is 9.58. The van der Waals surface area contributed by atoms with Crippen LogP contribution in [0.3, 0.4) is 0 Å². The maximum atomic E-state index is 5.36. The summed E-state index contributed by atoms with van der Waals surface area (Å²) >= 11 is 1.72. The second kappa shape index (κ2) is 6.35. The molecule has 2 aromatic rings. The first kappa shape index (κ1) is 12.9. The number of furan rings is 1. The van der Waals surface area contributed by atoms with Gasteiger partial charge in [-0.1, -0.05) is 19.3 Å². The van der Waals surface area contributed by atoms with Gasteiger partial charge in [0.05, 0.1) is 11.3 Å². The van der Waals surface area contributed by atoms with Crippen molar-refractivity contribution in [2.75, 3.05) is 6.54 Å². The molecule has 4 heteroatoms. The highest BCUT2D eigenvalue weighted by Gasteiger charge is 2.12. The fourth-order valence-electron chi connectivity index (χ4n) is 2.65. The van der Waals surface area contributed by atoms with E-state index in [1.165, 1.54) is 37.1 Å². The molecule has 3 nitrogen and oxygen atoms in total. The molecule has 0 amide bonds. The summed E-state index contributed by atoms with van der Waals surface area (Å²) in [7, 11) is 0. The van der Waals surface area contributed by atoms with Crippen molar-refractivity contribution in [2.45, 2.75) is 44.6 Å². The number of hydrogen-bond acceptors (Lipinski definition) is 4. The second-order valence-corrected chi connectivity index (χ2v) is 6.09. The summed E-state index contributed by atoms with van der Waals surface area (Å²) in [6, 6.07) is 4.59. The van der Waals surface area contributed by atoms with E-state index in [1.807, 2.05) is 12.1 Å². The van der Waals surface area contributed by atoms with Crippen LogP contribution in [0.15, 0.2) is 28.2 Å². The third-order valence-electron chi connectivity index (χ3n) is 3.70. The minimum atomic E-state index is 0.734. The van der Waals surface area contributed by atoms with Crippen LogP contribution in [0, 0.1) is 0 Å². The number of hydrogen-bond donors (Lipinski definition) is 1. The highest BCUT2D eigenvalue weighted by atomic mass is 32.1. The largest absolute Gasteiger partial charge is 0.463 e. The van der Waals surface area contributed by atoms with Gasteiger partial charge in [-0.2, -0.15) is 0 Å². The molecular weight excluding hydrogens is 256 g/mol. The molecule has 1 aliphatic rings. The van der Waals surface area contributed by atoms with Crippen LogP contribution in [0.1, 0.15) is 37.1 Å². The quantitative estimate of drug-likeness (QED) is 0.901. The van der Waals surface area contributed by atoms with Crippen LogP contribution < -0.4 is 5.32 Å². The van der Waals surface area contributed by atoms with E-state index in [9.17, 15) is 0 Å². The number of nitrogens with zero attached hydrogens (tertiary/aromatic N) is 1. The molecule has 1 fully saturated rings. The summed E-state index contributed by atoms with van der Waals surface area (Å²) in [6.45, 7) is 1.04. The molecule has 1 aliphatic carbocycles. The molecule has 0 saturated heterocycles. The maximum absolute atomic E-state index is 5.36. The van der Waals surface area contributed by atoms with E-state index in [0.29, 0.717) is 0 Å². The summed E-state index contributed by atoms with van der Waals surface area (Å²) < 4.78 is 5.36. The maximum Gasteiger partial charge on any atom is 0.153 e. The van der Waals surface area contributed by atoms with Crippen molar-refractivity contribution in [3.8, 4) is 11.5 Å². The van der Waals surface area contributed by atoms with E-state index >= 15 is 0 Å². The average Bonchev–Trinajstić information content (AvgIpc) is 3.10. The summed E-state index contributed by atoms with van der Waals surface area (Å²) in [4.78, 5) is 4.62. The van der Waals surface area contributed by atoms with Crippen LogP contribution in [0.4, 0.5) is 0 Å². The van der Waals surface area contributed by atoms with Crippen molar-refractivity contribution in [1.82, 2.24) is 10.3 Å². The fraction of sp³-hybridized carbons (Fsp3) is 0.533. The highest BCUT2D eigenvalue weighted by Crippen LogP contribution is 2.22. The van der Waals surface area contributed by atoms with Gasteiger partial charge in [0.2, 0.25) is 0 Å². The topological polar surface area (TPSA) is 38.1 Å². The molecule has 1 saturated carbocycles. The van der Waals surface area contributed by atoms with E-state index in [1.54, 1.807) is 17.6 Å². The Morgan fingerprint density at radius 3 is 3.00 bits per heavy atom. The lowest BCUT2D eigenvalue weighted by atomic mass is 9.95. The zero-order valence-corrected chi connectivity index (χ0v) is 11.9. The van der Waals surface area contributed by atoms with Crippen LogP contribution in [0.25, 0.3) is 11.5 Å². The molecule has 0 radical (unpaired) electrons. The molecular formula is C15H20N2OS.